The van der Waals surface area contributed by atoms with E-state index >= 15 is 0 Å². The van der Waals surface area contributed by atoms with Crippen LogP contribution in [0.5, 0.6) is 0 Å². The average molecular weight is 531 g/mol. The summed E-state index contributed by atoms with van der Waals surface area (Å²) < 4.78 is 62.0. The van der Waals surface area contributed by atoms with Gasteiger partial charge in [-0.1, -0.05) is 36.9 Å². The van der Waals surface area contributed by atoms with Crippen LogP contribution in [0.2, 0.25) is 0 Å². The molecule has 11 heteroatoms. The number of hydrogen-bond donors (Lipinski definition) is 1. The second kappa shape index (κ2) is 11.0. The van der Waals surface area contributed by atoms with Gasteiger partial charge in [0.25, 0.3) is 20.2 Å². The lowest BCUT2D eigenvalue weighted by atomic mass is 10.1. The van der Waals surface area contributed by atoms with E-state index in [9.17, 15) is 21.4 Å². The van der Waals surface area contributed by atoms with E-state index in [1.54, 1.807) is 42.6 Å². The van der Waals surface area contributed by atoms with Gasteiger partial charge >= 0.3 is 0 Å². The fourth-order valence-electron chi connectivity index (χ4n) is 3.09. The zero-order valence-corrected chi connectivity index (χ0v) is 21.1. The van der Waals surface area contributed by atoms with Gasteiger partial charge in [-0.25, -0.2) is 0 Å². The van der Waals surface area contributed by atoms with E-state index in [1.165, 1.54) is 29.5 Å². The topological polar surface area (TPSA) is 122 Å². The molecule has 0 atom stereocenters. The molecule has 3 rings (SSSR count). The van der Waals surface area contributed by atoms with Crippen LogP contribution in [0.4, 0.5) is 11.4 Å². The Morgan fingerprint density at radius 3 is 2.26 bits per heavy atom. The van der Waals surface area contributed by atoms with Crippen LogP contribution in [0, 0.1) is 0 Å². The maximum atomic E-state index is 12.4. The highest BCUT2D eigenvalue weighted by Gasteiger charge is 2.18. The lowest BCUT2D eigenvalue weighted by Crippen LogP contribution is -2.05. The van der Waals surface area contributed by atoms with Gasteiger partial charge in [-0.05, 0) is 59.8 Å². The monoisotopic (exact) mass is 530 g/mol. The molecule has 35 heavy (non-hydrogen) atoms. The van der Waals surface area contributed by atoms with Crippen molar-refractivity contribution < 1.29 is 25.6 Å². The molecule has 1 aromatic heterocycles. The molecule has 0 unspecified atom stereocenters. The molecule has 0 spiro atoms. The Labute approximate surface area is 208 Å². The summed E-state index contributed by atoms with van der Waals surface area (Å²) in [4.78, 5) is 9.90. The summed E-state index contributed by atoms with van der Waals surface area (Å²) in [7, 11) is -7.34. The fourth-order valence-corrected chi connectivity index (χ4v) is 5.33. The molecule has 1 heterocycles. The van der Waals surface area contributed by atoms with E-state index in [4.69, 9.17) is 0 Å². The number of thiophene rings is 1. The molecule has 0 saturated heterocycles. The number of hydrogen-bond acceptors (Lipinski definition) is 8. The molecule has 1 N–H and O–H groups in total. The van der Waals surface area contributed by atoms with Gasteiger partial charge in [-0.2, -0.15) is 16.8 Å². The van der Waals surface area contributed by atoms with Crippen molar-refractivity contribution in [3.63, 3.8) is 0 Å². The van der Waals surface area contributed by atoms with Crippen LogP contribution in [0.15, 0.2) is 70.0 Å². The molecule has 8 nitrogen and oxygen atoms in total. The molecular weight excluding hydrogens is 508 g/mol. The van der Waals surface area contributed by atoms with Gasteiger partial charge in [-0.3, -0.25) is 18.7 Å². The predicted octanol–water partition coefficient (Wildman–Crippen LogP) is 5.37. The van der Waals surface area contributed by atoms with E-state index in [0.29, 0.717) is 22.5 Å². The fraction of sp³-hybridized carbons (Fsp3) is 0.0833. The third-order valence-electron chi connectivity index (χ3n) is 4.76. The number of aliphatic imine (C=N–C) groups is 2. The molecule has 0 aliphatic carbocycles. The average Bonchev–Trinajstić information content (AvgIpc) is 3.29. The van der Waals surface area contributed by atoms with Crippen LogP contribution < -0.4 is 0 Å². The standard InChI is InChI=1S/C24H22N2O6S3/c1-4-22-11-12-23(33-22)15-26-21-10-7-17(19(13-21)16-34(27,28)29)5-6-18-8-9-20(25-2)14-24(18)35(30,31)32-3/h4-15H,1-2,16H2,3H3,(H,27,28,29)/b6-5+,26-15+. The van der Waals surface area contributed by atoms with Crippen molar-refractivity contribution in [1.29, 1.82) is 0 Å². The van der Waals surface area contributed by atoms with E-state index in [2.05, 4.69) is 27.5 Å². The first kappa shape index (κ1) is 26.4. The van der Waals surface area contributed by atoms with Gasteiger partial charge in [0.1, 0.15) is 10.6 Å². The SMILES string of the molecule is C=Cc1ccc(/C=N/c2ccc(/C=C/c3ccc(N=C)cc3S(=O)(=O)OC)c(CS(=O)(=O)O)c2)s1. The van der Waals surface area contributed by atoms with E-state index < -0.39 is 26.0 Å². The minimum atomic E-state index is -4.34. The maximum absolute atomic E-state index is 12.4. The van der Waals surface area contributed by atoms with Crippen molar-refractivity contribution in [1.82, 2.24) is 0 Å². The Bertz CT molecular complexity index is 1530. The summed E-state index contributed by atoms with van der Waals surface area (Å²) in [5, 5.41) is 0. The van der Waals surface area contributed by atoms with E-state index in [-0.39, 0.29) is 10.5 Å². The van der Waals surface area contributed by atoms with Crippen LogP contribution >= 0.6 is 11.3 Å². The lowest BCUT2D eigenvalue weighted by molar-refractivity contribution is 0.397. The molecule has 0 aliphatic heterocycles. The second-order valence-electron chi connectivity index (χ2n) is 7.15. The Morgan fingerprint density at radius 1 is 0.971 bits per heavy atom. The first-order valence-corrected chi connectivity index (χ1v) is 13.8. The second-order valence-corrected chi connectivity index (χ2v) is 11.4. The van der Waals surface area contributed by atoms with Gasteiger partial charge < -0.3 is 0 Å². The van der Waals surface area contributed by atoms with Crippen LogP contribution in [-0.4, -0.2) is 41.4 Å². The molecule has 2 aromatic carbocycles. The zero-order chi connectivity index (χ0) is 25.6. The Morgan fingerprint density at radius 2 is 1.63 bits per heavy atom. The van der Waals surface area contributed by atoms with Gasteiger partial charge in [0.15, 0.2) is 0 Å². The van der Waals surface area contributed by atoms with Crippen molar-refractivity contribution in [2.45, 2.75) is 10.6 Å². The summed E-state index contributed by atoms with van der Waals surface area (Å²) in [6.45, 7) is 7.12. The van der Waals surface area contributed by atoms with Crippen molar-refractivity contribution in [2.75, 3.05) is 7.11 Å². The Hall–Kier alpha value is -3.22. The molecule has 0 aliphatic rings. The maximum Gasteiger partial charge on any atom is 0.297 e. The molecule has 0 fully saturated rings. The molecule has 182 valence electrons. The van der Waals surface area contributed by atoms with Gasteiger partial charge in [0.05, 0.1) is 18.5 Å². The first-order chi connectivity index (χ1) is 16.5. The van der Waals surface area contributed by atoms with Crippen molar-refractivity contribution >= 4 is 74.1 Å². The smallest absolute Gasteiger partial charge is 0.285 e. The largest absolute Gasteiger partial charge is 0.297 e. The first-order valence-electron chi connectivity index (χ1n) is 9.98. The minimum absolute atomic E-state index is 0.117. The predicted molar refractivity (Wildman–Crippen MR) is 142 cm³/mol. The minimum Gasteiger partial charge on any atom is -0.285 e. The van der Waals surface area contributed by atoms with Crippen molar-refractivity contribution in [3.05, 3.63) is 81.6 Å². The summed E-state index contributed by atoms with van der Waals surface area (Å²) >= 11 is 1.50. The van der Waals surface area contributed by atoms with Crippen molar-refractivity contribution in [2.24, 2.45) is 9.98 Å². The molecule has 0 saturated carbocycles. The van der Waals surface area contributed by atoms with E-state index in [0.717, 1.165) is 16.9 Å². The van der Waals surface area contributed by atoms with Crippen LogP contribution in [-0.2, 0) is 30.2 Å². The summed E-state index contributed by atoms with van der Waals surface area (Å²) in [6, 6.07) is 13.1. The zero-order valence-electron chi connectivity index (χ0n) is 18.7. The third-order valence-corrected chi connectivity index (χ3v) is 7.79. The van der Waals surface area contributed by atoms with Gasteiger partial charge in [-0.15, -0.1) is 11.3 Å². The van der Waals surface area contributed by atoms with Gasteiger partial charge in [0.2, 0.25) is 0 Å². The molecule has 0 amide bonds. The molecule has 3 aromatic rings. The highest BCUT2D eigenvalue weighted by Crippen LogP contribution is 2.27. The Kier molecular flexibility index (Phi) is 8.30. The van der Waals surface area contributed by atoms with Gasteiger partial charge in [0, 0.05) is 16.0 Å². The Balaban J connectivity index is 2.01. The highest BCUT2D eigenvalue weighted by atomic mass is 32.2. The normalized spacial score (nSPS) is 12.4. The lowest BCUT2D eigenvalue weighted by Gasteiger charge is -2.08. The molecular formula is C24H22N2O6S3. The van der Waals surface area contributed by atoms with Crippen molar-refractivity contribution in [3.8, 4) is 0 Å². The van der Waals surface area contributed by atoms with Crippen LogP contribution in [0.25, 0.3) is 18.2 Å². The van der Waals surface area contributed by atoms with Crippen LogP contribution in [0.3, 0.4) is 0 Å². The highest BCUT2D eigenvalue weighted by molar-refractivity contribution is 7.86. The summed E-state index contributed by atoms with van der Waals surface area (Å²) in [5.74, 6) is -0.641. The number of nitrogens with zero attached hydrogens (tertiary/aromatic N) is 2. The quantitative estimate of drug-likeness (QED) is 0.163. The third kappa shape index (κ3) is 7.13. The summed E-state index contributed by atoms with van der Waals surface area (Å²) in [6.07, 6.45) is 6.44. The number of benzene rings is 2. The molecule has 0 radical (unpaired) electrons. The number of rotatable bonds is 10. The summed E-state index contributed by atoms with van der Waals surface area (Å²) in [5.41, 5.74) is 1.88. The molecule has 0 bridgehead atoms. The van der Waals surface area contributed by atoms with E-state index in [1.807, 2.05) is 12.1 Å². The van der Waals surface area contributed by atoms with Crippen LogP contribution in [0.1, 0.15) is 26.4 Å².